The highest BCUT2D eigenvalue weighted by Crippen LogP contribution is 2.50. The summed E-state index contributed by atoms with van der Waals surface area (Å²) < 4.78 is 0. The minimum absolute atomic E-state index is 0.102. The Kier molecular flexibility index (Phi) is 4.68. The molecule has 1 saturated carbocycles. The van der Waals surface area contributed by atoms with E-state index in [1.54, 1.807) is 11.3 Å². The first-order chi connectivity index (χ1) is 11.1. The number of hydrogen-bond donors (Lipinski definition) is 2. The average molecular weight is 330 g/mol. The van der Waals surface area contributed by atoms with E-state index in [0.717, 1.165) is 17.8 Å². The Hall–Kier alpha value is -1.85. The summed E-state index contributed by atoms with van der Waals surface area (Å²) in [6, 6.07) is 12.0. The van der Waals surface area contributed by atoms with Crippen LogP contribution in [0.3, 0.4) is 0 Å². The second-order valence-electron chi connectivity index (χ2n) is 6.08. The van der Waals surface area contributed by atoms with Crippen molar-refractivity contribution in [3.05, 3.63) is 46.2 Å². The van der Waals surface area contributed by atoms with Crippen molar-refractivity contribution in [3.8, 4) is 0 Å². The smallest absolute Gasteiger partial charge is 0.228 e. The number of rotatable bonds is 6. The summed E-state index contributed by atoms with van der Waals surface area (Å²) >= 11 is 1.79. The van der Waals surface area contributed by atoms with Gasteiger partial charge in [0.05, 0.1) is 6.61 Å². The van der Waals surface area contributed by atoms with Gasteiger partial charge in [0.2, 0.25) is 5.91 Å². The molecule has 0 spiro atoms. The monoisotopic (exact) mass is 330 g/mol. The van der Waals surface area contributed by atoms with Crippen LogP contribution >= 0.6 is 11.3 Å². The molecule has 0 aliphatic heterocycles. The number of benzene rings is 1. The number of aliphatic hydroxyl groups excluding tert-OH is 1. The van der Waals surface area contributed by atoms with E-state index in [1.807, 2.05) is 36.2 Å². The van der Waals surface area contributed by atoms with E-state index in [0.29, 0.717) is 12.5 Å². The number of hydrogen-bond acceptors (Lipinski definition) is 4. The van der Waals surface area contributed by atoms with Crippen LogP contribution in [0.4, 0.5) is 11.4 Å². The lowest BCUT2D eigenvalue weighted by atomic mass is 10.2. The Bertz CT molecular complexity index is 681. The molecule has 2 aromatic rings. The fourth-order valence-electron chi connectivity index (χ4n) is 2.77. The van der Waals surface area contributed by atoms with Gasteiger partial charge in [-0.15, -0.1) is 11.3 Å². The first kappa shape index (κ1) is 16.0. The van der Waals surface area contributed by atoms with Crippen molar-refractivity contribution in [2.45, 2.75) is 19.3 Å². The highest BCUT2D eigenvalue weighted by atomic mass is 32.1. The number of nitrogens with one attached hydrogen (secondary N) is 1. The van der Waals surface area contributed by atoms with E-state index in [9.17, 15) is 4.79 Å². The molecule has 1 aliphatic carbocycles. The molecule has 23 heavy (non-hydrogen) atoms. The van der Waals surface area contributed by atoms with E-state index < -0.39 is 0 Å². The van der Waals surface area contributed by atoms with Crippen LogP contribution in [-0.2, 0) is 4.79 Å². The Morgan fingerprint density at radius 3 is 2.65 bits per heavy atom. The Balaban J connectivity index is 1.56. The molecule has 0 radical (unpaired) electrons. The van der Waals surface area contributed by atoms with Gasteiger partial charge in [0.15, 0.2) is 0 Å². The number of thiophene rings is 1. The maximum Gasteiger partial charge on any atom is 0.228 e. The third-order valence-electron chi connectivity index (χ3n) is 4.26. The number of likely N-dealkylation sites (N-methyl/N-ethyl adjacent to an activating group) is 1. The van der Waals surface area contributed by atoms with Gasteiger partial charge in [-0.3, -0.25) is 4.79 Å². The van der Waals surface area contributed by atoms with Crippen LogP contribution in [0.15, 0.2) is 36.4 Å². The maximum atomic E-state index is 12.3. The molecular weight excluding hydrogens is 308 g/mol. The van der Waals surface area contributed by atoms with Gasteiger partial charge in [-0.2, -0.15) is 0 Å². The van der Waals surface area contributed by atoms with Gasteiger partial charge >= 0.3 is 0 Å². The lowest BCUT2D eigenvalue weighted by Gasteiger charge is -2.18. The molecule has 1 aromatic heterocycles. The summed E-state index contributed by atoms with van der Waals surface area (Å²) in [6.45, 7) is 2.82. The fraction of sp³-hybridized carbons (Fsp3) is 0.389. The van der Waals surface area contributed by atoms with Crippen LogP contribution in [0, 0.1) is 12.8 Å². The van der Waals surface area contributed by atoms with E-state index in [1.165, 1.54) is 9.75 Å². The summed E-state index contributed by atoms with van der Waals surface area (Å²) in [5, 5.41) is 12.0. The van der Waals surface area contributed by atoms with E-state index in [4.69, 9.17) is 5.11 Å². The SMILES string of the molecule is Cc1ccc(C2CC2C(=O)Nc2ccc(N(C)CCO)cc2)s1. The van der Waals surface area contributed by atoms with Crippen LogP contribution in [0.5, 0.6) is 0 Å². The number of aliphatic hydroxyl groups is 1. The van der Waals surface area contributed by atoms with Crippen molar-refractivity contribution in [3.63, 3.8) is 0 Å². The molecule has 2 unspecified atom stereocenters. The quantitative estimate of drug-likeness (QED) is 0.855. The molecule has 4 nitrogen and oxygen atoms in total. The van der Waals surface area contributed by atoms with Crippen LogP contribution in [-0.4, -0.2) is 31.2 Å². The van der Waals surface area contributed by atoms with Crippen molar-refractivity contribution in [1.29, 1.82) is 0 Å². The largest absolute Gasteiger partial charge is 0.395 e. The lowest BCUT2D eigenvalue weighted by Crippen LogP contribution is -2.21. The molecule has 2 N–H and O–H groups in total. The second kappa shape index (κ2) is 6.72. The van der Waals surface area contributed by atoms with Gasteiger partial charge in [-0.1, -0.05) is 0 Å². The lowest BCUT2D eigenvalue weighted by molar-refractivity contribution is -0.117. The minimum atomic E-state index is 0.102. The number of carbonyl (C=O) groups excluding carboxylic acids is 1. The second-order valence-corrected chi connectivity index (χ2v) is 7.40. The molecular formula is C18H22N2O2S. The highest BCUT2D eigenvalue weighted by Gasteiger charge is 2.44. The number of carbonyl (C=O) groups is 1. The molecule has 3 rings (SSSR count). The van der Waals surface area contributed by atoms with Crippen molar-refractivity contribution in [2.75, 3.05) is 30.4 Å². The average Bonchev–Trinajstić information content (AvgIpc) is 3.23. The van der Waals surface area contributed by atoms with Gasteiger partial charge in [0, 0.05) is 46.6 Å². The van der Waals surface area contributed by atoms with Crippen LogP contribution in [0.1, 0.15) is 22.1 Å². The van der Waals surface area contributed by atoms with Crippen molar-refractivity contribution in [2.24, 2.45) is 5.92 Å². The standard InChI is InChI=1S/C18H22N2O2S/c1-12-3-8-17(23-12)15-11-16(15)18(22)19-13-4-6-14(7-5-13)20(2)9-10-21/h3-8,15-16,21H,9-11H2,1-2H3,(H,19,22). The molecule has 1 heterocycles. The molecule has 2 atom stereocenters. The maximum absolute atomic E-state index is 12.3. The molecule has 1 aromatic carbocycles. The minimum Gasteiger partial charge on any atom is -0.395 e. The van der Waals surface area contributed by atoms with Gasteiger partial charge in [0.25, 0.3) is 0 Å². The number of anilines is 2. The zero-order valence-electron chi connectivity index (χ0n) is 13.5. The molecule has 0 saturated heterocycles. The molecule has 1 aliphatic rings. The third kappa shape index (κ3) is 3.74. The van der Waals surface area contributed by atoms with Gasteiger partial charge < -0.3 is 15.3 Å². The number of nitrogens with zero attached hydrogens (tertiary/aromatic N) is 1. The predicted molar refractivity (Wildman–Crippen MR) is 95.3 cm³/mol. The predicted octanol–water partition coefficient (Wildman–Crippen LogP) is 3.23. The zero-order valence-corrected chi connectivity index (χ0v) is 14.3. The van der Waals surface area contributed by atoms with Crippen LogP contribution in [0.2, 0.25) is 0 Å². The molecule has 0 bridgehead atoms. The first-order valence-corrected chi connectivity index (χ1v) is 8.69. The first-order valence-electron chi connectivity index (χ1n) is 7.87. The third-order valence-corrected chi connectivity index (χ3v) is 5.40. The van der Waals surface area contributed by atoms with Gasteiger partial charge in [0.1, 0.15) is 0 Å². The summed E-state index contributed by atoms with van der Waals surface area (Å²) in [6.07, 6.45) is 0.948. The normalized spacial score (nSPS) is 19.4. The van der Waals surface area contributed by atoms with Crippen LogP contribution in [0.25, 0.3) is 0 Å². The number of amides is 1. The van der Waals surface area contributed by atoms with E-state index in [2.05, 4.69) is 24.4 Å². The topological polar surface area (TPSA) is 52.6 Å². The van der Waals surface area contributed by atoms with E-state index in [-0.39, 0.29) is 18.4 Å². The summed E-state index contributed by atoms with van der Waals surface area (Å²) in [5.41, 5.74) is 1.85. The fourth-order valence-corrected chi connectivity index (χ4v) is 3.82. The van der Waals surface area contributed by atoms with E-state index >= 15 is 0 Å². The molecule has 5 heteroatoms. The highest BCUT2D eigenvalue weighted by molar-refractivity contribution is 7.12. The number of aryl methyl sites for hydroxylation is 1. The molecule has 1 amide bonds. The Morgan fingerprint density at radius 2 is 2.04 bits per heavy atom. The van der Waals surface area contributed by atoms with Crippen molar-refractivity contribution in [1.82, 2.24) is 0 Å². The Morgan fingerprint density at radius 1 is 1.30 bits per heavy atom. The molecule has 1 fully saturated rings. The summed E-state index contributed by atoms with van der Waals surface area (Å²) in [7, 11) is 1.93. The summed E-state index contributed by atoms with van der Waals surface area (Å²) in [5.74, 6) is 0.603. The molecule has 122 valence electrons. The zero-order chi connectivity index (χ0) is 16.4. The van der Waals surface area contributed by atoms with Gasteiger partial charge in [-0.05, 0) is 49.7 Å². The van der Waals surface area contributed by atoms with Crippen molar-refractivity contribution >= 4 is 28.6 Å². The summed E-state index contributed by atoms with van der Waals surface area (Å²) in [4.78, 5) is 16.9. The van der Waals surface area contributed by atoms with Crippen LogP contribution < -0.4 is 10.2 Å². The van der Waals surface area contributed by atoms with Gasteiger partial charge in [-0.25, -0.2) is 0 Å². The van der Waals surface area contributed by atoms with Crippen molar-refractivity contribution < 1.29 is 9.90 Å². The Labute approximate surface area is 140 Å².